The molecule has 1 aromatic rings. The molecule has 44 valence electrons. The first kappa shape index (κ1) is 5.57. The van der Waals surface area contributed by atoms with Gasteiger partial charge in [0.15, 0.2) is 0 Å². The Morgan fingerprint density at radius 1 is 1.78 bits per heavy atom. The summed E-state index contributed by atoms with van der Waals surface area (Å²) in [5, 5.41) is 0. The summed E-state index contributed by atoms with van der Waals surface area (Å²) < 4.78 is 0. The quantitative estimate of drug-likeness (QED) is 0.480. The molecule has 0 fully saturated rings. The van der Waals surface area contributed by atoms with Crippen LogP contribution in [0.5, 0.6) is 0 Å². The molecule has 0 amide bonds. The lowest BCUT2D eigenvalue weighted by molar-refractivity contribution is 1.12. The fraction of sp³-hybridized carbons (Fsp3) is 0. The van der Waals surface area contributed by atoms with Crippen molar-refractivity contribution >= 4 is 0 Å². The summed E-state index contributed by atoms with van der Waals surface area (Å²) in [6.07, 6.45) is 7.50. The minimum atomic E-state index is -0.242. The largest absolute Gasteiger partial charge is 0.325 e. The van der Waals surface area contributed by atoms with E-state index in [4.69, 9.17) is 6.42 Å². The van der Waals surface area contributed by atoms with E-state index in [1.54, 1.807) is 0 Å². The van der Waals surface area contributed by atoms with Crippen molar-refractivity contribution in [1.29, 1.82) is 0 Å². The SMILES string of the molecule is C#Cc1c[nH]c(=O)cn1. The minimum Gasteiger partial charge on any atom is -0.325 e. The zero-order chi connectivity index (χ0) is 6.69. The molecule has 0 atom stereocenters. The van der Waals surface area contributed by atoms with Crippen LogP contribution in [0.2, 0.25) is 0 Å². The van der Waals surface area contributed by atoms with E-state index in [2.05, 4.69) is 15.9 Å². The van der Waals surface area contributed by atoms with Crippen molar-refractivity contribution in [1.82, 2.24) is 9.97 Å². The first-order valence-electron chi connectivity index (χ1n) is 2.34. The zero-order valence-corrected chi connectivity index (χ0v) is 4.59. The van der Waals surface area contributed by atoms with Crippen LogP contribution >= 0.6 is 0 Å². The molecule has 0 spiro atoms. The summed E-state index contributed by atoms with van der Waals surface area (Å²) in [4.78, 5) is 16.4. The van der Waals surface area contributed by atoms with Gasteiger partial charge in [-0.05, 0) is 5.92 Å². The average molecular weight is 120 g/mol. The molecule has 1 heterocycles. The molecule has 0 saturated heterocycles. The molecule has 0 bridgehead atoms. The molecule has 0 aliphatic rings. The first-order chi connectivity index (χ1) is 4.33. The number of nitrogens with zero attached hydrogens (tertiary/aromatic N) is 1. The predicted octanol–water partition coefficient (Wildman–Crippen LogP) is -0.249. The Bertz CT molecular complexity index is 274. The molecular weight excluding hydrogens is 116 g/mol. The molecule has 1 N–H and O–H groups in total. The summed E-state index contributed by atoms with van der Waals surface area (Å²) in [5.41, 5.74) is 0.198. The van der Waals surface area contributed by atoms with Gasteiger partial charge in [0.2, 0.25) is 0 Å². The van der Waals surface area contributed by atoms with E-state index in [1.807, 2.05) is 0 Å². The maximum Gasteiger partial charge on any atom is 0.266 e. The van der Waals surface area contributed by atoms with E-state index in [0.29, 0.717) is 5.69 Å². The number of rotatable bonds is 0. The summed E-state index contributed by atoms with van der Waals surface area (Å²) in [6.45, 7) is 0. The van der Waals surface area contributed by atoms with Crippen LogP contribution in [0.15, 0.2) is 17.2 Å². The highest BCUT2D eigenvalue weighted by Crippen LogP contribution is 1.79. The maximum atomic E-state index is 10.4. The highest BCUT2D eigenvalue weighted by molar-refractivity contribution is 5.19. The Morgan fingerprint density at radius 2 is 2.56 bits per heavy atom. The topological polar surface area (TPSA) is 45.8 Å². The summed E-state index contributed by atoms with van der Waals surface area (Å²) in [7, 11) is 0. The van der Waals surface area contributed by atoms with Gasteiger partial charge in [0.05, 0.1) is 6.20 Å². The fourth-order valence-electron chi connectivity index (χ4n) is 0.421. The van der Waals surface area contributed by atoms with Crippen LogP contribution < -0.4 is 5.56 Å². The lowest BCUT2D eigenvalue weighted by atomic mass is 10.5. The van der Waals surface area contributed by atoms with Crippen LogP contribution in [-0.2, 0) is 0 Å². The number of nitrogens with one attached hydrogen (secondary N) is 1. The van der Waals surface area contributed by atoms with Gasteiger partial charge >= 0.3 is 0 Å². The molecule has 0 unspecified atom stereocenters. The Balaban J connectivity index is 3.21. The van der Waals surface area contributed by atoms with Gasteiger partial charge in [-0.25, -0.2) is 4.98 Å². The van der Waals surface area contributed by atoms with E-state index in [-0.39, 0.29) is 5.56 Å². The predicted molar refractivity (Wildman–Crippen MR) is 32.8 cm³/mol. The van der Waals surface area contributed by atoms with Gasteiger partial charge in [-0.15, -0.1) is 6.42 Å². The van der Waals surface area contributed by atoms with Crippen molar-refractivity contribution in [2.24, 2.45) is 0 Å². The third-order valence-corrected chi connectivity index (χ3v) is 0.820. The maximum absolute atomic E-state index is 10.4. The van der Waals surface area contributed by atoms with Gasteiger partial charge in [-0.3, -0.25) is 4.79 Å². The molecule has 3 heteroatoms. The third-order valence-electron chi connectivity index (χ3n) is 0.820. The van der Waals surface area contributed by atoms with Crippen molar-refractivity contribution in [3.8, 4) is 12.3 Å². The van der Waals surface area contributed by atoms with Crippen molar-refractivity contribution in [2.45, 2.75) is 0 Å². The Morgan fingerprint density at radius 3 is 3.00 bits per heavy atom. The molecule has 0 aliphatic heterocycles. The van der Waals surface area contributed by atoms with E-state index >= 15 is 0 Å². The molecule has 1 aromatic heterocycles. The van der Waals surface area contributed by atoms with E-state index < -0.39 is 0 Å². The smallest absolute Gasteiger partial charge is 0.266 e. The van der Waals surface area contributed by atoms with Crippen molar-refractivity contribution in [3.63, 3.8) is 0 Å². The van der Waals surface area contributed by atoms with Gasteiger partial charge in [-0.2, -0.15) is 0 Å². The van der Waals surface area contributed by atoms with Crippen LogP contribution in [0.1, 0.15) is 5.69 Å². The molecule has 3 nitrogen and oxygen atoms in total. The molecule has 0 radical (unpaired) electrons. The Labute approximate surface area is 51.8 Å². The van der Waals surface area contributed by atoms with Crippen LogP contribution in [0.3, 0.4) is 0 Å². The fourth-order valence-corrected chi connectivity index (χ4v) is 0.421. The number of H-pyrrole nitrogens is 1. The second-order valence-electron chi connectivity index (χ2n) is 1.44. The van der Waals surface area contributed by atoms with Crippen molar-refractivity contribution < 1.29 is 0 Å². The van der Waals surface area contributed by atoms with Gasteiger partial charge in [0.25, 0.3) is 5.56 Å². The molecule has 0 saturated carbocycles. The molecule has 1 rings (SSSR count). The zero-order valence-electron chi connectivity index (χ0n) is 4.59. The normalized spacial score (nSPS) is 8.33. The van der Waals surface area contributed by atoms with Gasteiger partial charge < -0.3 is 4.98 Å². The number of hydrogen-bond donors (Lipinski definition) is 1. The van der Waals surface area contributed by atoms with Crippen LogP contribution in [0.4, 0.5) is 0 Å². The van der Waals surface area contributed by atoms with Crippen molar-refractivity contribution in [2.75, 3.05) is 0 Å². The monoisotopic (exact) mass is 120 g/mol. The molecule has 0 aromatic carbocycles. The molecule has 9 heavy (non-hydrogen) atoms. The molecule has 0 aliphatic carbocycles. The first-order valence-corrected chi connectivity index (χ1v) is 2.34. The second-order valence-corrected chi connectivity index (χ2v) is 1.44. The van der Waals surface area contributed by atoms with E-state index in [9.17, 15) is 4.79 Å². The summed E-state index contributed by atoms with van der Waals surface area (Å²) in [5.74, 6) is 2.27. The highest BCUT2D eigenvalue weighted by atomic mass is 16.1. The van der Waals surface area contributed by atoms with Crippen LogP contribution in [0, 0.1) is 12.3 Å². The minimum absolute atomic E-state index is 0.242. The van der Waals surface area contributed by atoms with Crippen LogP contribution in [0.25, 0.3) is 0 Å². The van der Waals surface area contributed by atoms with Crippen LogP contribution in [-0.4, -0.2) is 9.97 Å². The second kappa shape index (κ2) is 2.14. The average Bonchev–Trinajstić information content (AvgIpc) is 1.90. The van der Waals surface area contributed by atoms with Crippen molar-refractivity contribution in [3.05, 3.63) is 28.4 Å². The number of hydrogen-bond acceptors (Lipinski definition) is 2. The van der Waals surface area contributed by atoms with Gasteiger partial charge in [-0.1, -0.05) is 0 Å². The number of aromatic amines is 1. The third kappa shape index (κ3) is 1.16. The molecular formula is C6H4N2O. The van der Waals surface area contributed by atoms with Gasteiger partial charge in [0.1, 0.15) is 5.69 Å². The summed E-state index contributed by atoms with van der Waals surface area (Å²) >= 11 is 0. The number of terminal acetylenes is 1. The highest BCUT2D eigenvalue weighted by Gasteiger charge is 1.83. The Hall–Kier alpha value is -1.56. The van der Waals surface area contributed by atoms with E-state index in [0.717, 1.165) is 6.20 Å². The summed E-state index contributed by atoms with van der Waals surface area (Å²) in [6, 6.07) is 0. The van der Waals surface area contributed by atoms with Gasteiger partial charge in [0, 0.05) is 6.20 Å². The lowest BCUT2D eigenvalue weighted by Gasteiger charge is -1.82. The number of aromatic nitrogens is 2. The lowest BCUT2D eigenvalue weighted by Crippen LogP contribution is -2.04. The Kier molecular flexibility index (Phi) is 1.32. The standard InChI is InChI=1S/C6H4N2O/c1-2-5-3-8-6(9)4-7-5/h1,3-4H,(H,8,9). The van der Waals surface area contributed by atoms with E-state index in [1.165, 1.54) is 6.20 Å².